The highest BCUT2D eigenvalue weighted by atomic mass is 79.9. The summed E-state index contributed by atoms with van der Waals surface area (Å²) in [4.78, 5) is 1.30. The third-order valence-corrected chi connectivity index (χ3v) is 5.39. The Balaban J connectivity index is 2.17. The fraction of sp³-hybridized carbons (Fsp3) is 0.636. The zero-order valence-electron chi connectivity index (χ0n) is 9.13. The van der Waals surface area contributed by atoms with Crippen molar-refractivity contribution in [2.24, 2.45) is 5.92 Å². The Kier molecular flexibility index (Phi) is 4.67. The van der Waals surface area contributed by atoms with Gasteiger partial charge in [0.05, 0.1) is 6.61 Å². The van der Waals surface area contributed by atoms with E-state index in [0.717, 1.165) is 35.0 Å². The van der Waals surface area contributed by atoms with Crippen LogP contribution in [0.2, 0.25) is 4.34 Å². The van der Waals surface area contributed by atoms with Crippen LogP contribution in [0.4, 0.5) is 0 Å². The van der Waals surface area contributed by atoms with Crippen LogP contribution >= 0.6 is 38.9 Å². The van der Waals surface area contributed by atoms with Crippen molar-refractivity contribution in [2.75, 3.05) is 19.8 Å². The molecule has 2 nitrogen and oxygen atoms in total. The van der Waals surface area contributed by atoms with Gasteiger partial charge in [-0.05, 0) is 35.0 Å². The van der Waals surface area contributed by atoms with Crippen LogP contribution in [0.1, 0.15) is 24.3 Å². The fourth-order valence-electron chi connectivity index (χ4n) is 2.05. The highest BCUT2D eigenvalue weighted by molar-refractivity contribution is 9.10. The van der Waals surface area contributed by atoms with Crippen LogP contribution in [0.25, 0.3) is 0 Å². The summed E-state index contributed by atoms with van der Waals surface area (Å²) >= 11 is 11.2. The minimum atomic E-state index is 0.376. The Labute approximate surface area is 113 Å². The van der Waals surface area contributed by atoms with Crippen LogP contribution in [-0.2, 0) is 4.74 Å². The van der Waals surface area contributed by atoms with Gasteiger partial charge < -0.3 is 10.1 Å². The maximum atomic E-state index is 6.09. The van der Waals surface area contributed by atoms with E-state index in [0.29, 0.717) is 12.0 Å². The number of rotatable bonds is 4. The minimum Gasteiger partial charge on any atom is -0.381 e. The number of thiophene rings is 1. The van der Waals surface area contributed by atoms with Gasteiger partial charge in [0.1, 0.15) is 4.34 Å². The van der Waals surface area contributed by atoms with Gasteiger partial charge in [-0.2, -0.15) is 0 Å². The summed E-state index contributed by atoms with van der Waals surface area (Å²) in [5.41, 5.74) is 0. The zero-order chi connectivity index (χ0) is 11.5. The third-order valence-electron chi connectivity index (χ3n) is 2.83. The van der Waals surface area contributed by atoms with Gasteiger partial charge in [0.25, 0.3) is 0 Å². The Morgan fingerprint density at radius 1 is 1.75 bits per heavy atom. The van der Waals surface area contributed by atoms with Crippen molar-refractivity contribution in [3.8, 4) is 0 Å². The van der Waals surface area contributed by atoms with Crippen molar-refractivity contribution < 1.29 is 4.74 Å². The molecule has 1 aromatic rings. The van der Waals surface area contributed by atoms with E-state index in [2.05, 4.69) is 34.2 Å². The lowest BCUT2D eigenvalue weighted by molar-refractivity contribution is 0.177. The molecule has 0 aliphatic carbocycles. The Morgan fingerprint density at radius 2 is 2.56 bits per heavy atom. The number of ether oxygens (including phenoxy) is 1. The molecule has 90 valence electrons. The van der Waals surface area contributed by atoms with E-state index >= 15 is 0 Å². The molecule has 2 rings (SSSR count). The molecular formula is C11H15BrClNOS. The summed E-state index contributed by atoms with van der Waals surface area (Å²) in [6.07, 6.45) is 1.13. The standard InChI is InChI=1S/C11H15BrClNOS/c1-2-14-10(7-3-4-15-6-7)9-5-8(12)11(13)16-9/h5,7,10,14H,2-4,6H2,1H3. The summed E-state index contributed by atoms with van der Waals surface area (Å²) < 4.78 is 7.29. The van der Waals surface area contributed by atoms with Crippen LogP contribution in [0.3, 0.4) is 0 Å². The van der Waals surface area contributed by atoms with E-state index in [1.165, 1.54) is 4.88 Å². The van der Waals surface area contributed by atoms with Gasteiger partial charge in [0.15, 0.2) is 0 Å². The second-order valence-corrected chi connectivity index (χ2v) is 6.47. The lowest BCUT2D eigenvalue weighted by Crippen LogP contribution is -2.27. The number of halogens is 2. The molecule has 0 amide bonds. The first-order valence-corrected chi connectivity index (χ1v) is 7.47. The second kappa shape index (κ2) is 5.83. The number of hydrogen-bond acceptors (Lipinski definition) is 3. The molecule has 1 aliphatic heterocycles. The van der Waals surface area contributed by atoms with E-state index < -0.39 is 0 Å². The second-order valence-electron chi connectivity index (χ2n) is 3.93. The lowest BCUT2D eigenvalue weighted by Gasteiger charge is -2.21. The van der Waals surface area contributed by atoms with E-state index in [1.54, 1.807) is 11.3 Å². The molecule has 0 bridgehead atoms. The first-order chi connectivity index (χ1) is 7.72. The van der Waals surface area contributed by atoms with Crippen molar-refractivity contribution in [2.45, 2.75) is 19.4 Å². The molecule has 1 N–H and O–H groups in total. The summed E-state index contributed by atoms with van der Waals surface area (Å²) in [5, 5.41) is 3.53. The van der Waals surface area contributed by atoms with Gasteiger partial charge in [-0.25, -0.2) is 0 Å². The molecule has 1 aliphatic rings. The maximum Gasteiger partial charge on any atom is 0.107 e. The van der Waals surface area contributed by atoms with Crippen molar-refractivity contribution in [1.29, 1.82) is 0 Å². The quantitative estimate of drug-likeness (QED) is 0.908. The fourth-order valence-corrected chi connectivity index (χ4v) is 3.96. The summed E-state index contributed by atoms with van der Waals surface area (Å²) in [6, 6.07) is 2.50. The van der Waals surface area contributed by atoms with Crippen LogP contribution in [0, 0.1) is 5.92 Å². The smallest absolute Gasteiger partial charge is 0.107 e. The normalized spacial score (nSPS) is 22.6. The summed E-state index contributed by atoms with van der Waals surface area (Å²) in [6.45, 7) is 4.83. The predicted octanol–water partition coefficient (Wildman–Crippen LogP) is 3.85. The topological polar surface area (TPSA) is 21.3 Å². The molecular weight excluding hydrogens is 310 g/mol. The summed E-state index contributed by atoms with van der Waals surface area (Å²) in [7, 11) is 0. The van der Waals surface area contributed by atoms with E-state index in [9.17, 15) is 0 Å². The average molecular weight is 325 g/mol. The van der Waals surface area contributed by atoms with Gasteiger partial charge in [0, 0.05) is 27.9 Å². The molecule has 5 heteroatoms. The number of hydrogen-bond donors (Lipinski definition) is 1. The monoisotopic (exact) mass is 323 g/mol. The number of nitrogens with one attached hydrogen (secondary N) is 1. The molecule has 2 unspecified atom stereocenters. The third kappa shape index (κ3) is 2.79. The minimum absolute atomic E-state index is 0.376. The first kappa shape index (κ1) is 12.8. The predicted molar refractivity (Wildman–Crippen MR) is 72.4 cm³/mol. The van der Waals surface area contributed by atoms with Gasteiger partial charge in [-0.1, -0.05) is 18.5 Å². The molecule has 0 spiro atoms. The Hall–Kier alpha value is 0.390. The van der Waals surface area contributed by atoms with Crippen LogP contribution in [0.15, 0.2) is 10.5 Å². The van der Waals surface area contributed by atoms with Crippen molar-refractivity contribution in [1.82, 2.24) is 5.32 Å². The zero-order valence-corrected chi connectivity index (χ0v) is 12.3. The van der Waals surface area contributed by atoms with Gasteiger partial charge in [-0.15, -0.1) is 11.3 Å². The van der Waals surface area contributed by atoms with Gasteiger partial charge in [0.2, 0.25) is 0 Å². The highest BCUT2D eigenvalue weighted by Gasteiger charge is 2.28. The SMILES string of the molecule is CCNC(c1cc(Br)c(Cl)s1)C1CCOC1. The Morgan fingerprint density at radius 3 is 3.06 bits per heavy atom. The molecule has 2 heterocycles. The van der Waals surface area contributed by atoms with Crippen LogP contribution < -0.4 is 5.32 Å². The molecule has 1 fully saturated rings. The van der Waals surface area contributed by atoms with E-state index in [-0.39, 0.29) is 0 Å². The molecule has 0 aromatic carbocycles. The molecule has 1 aromatic heterocycles. The van der Waals surface area contributed by atoms with Crippen molar-refractivity contribution in [3.05, 3.63) is 19.8 Å². The molecule has 0 saturated carbocycles. The van der Waals surface area contributed by atoms with Gasteiger partial charge >= 0.3 is 0 Å². The molecule has 1 saturated heterocycles. The molecule has 16 heavy (non-hydrogen) atoms. The average Bonchev–Trinajstić information content (AvgIpc) is 2.86. The van der Waals surface area contributed by atoms with Crippen LogP contribution in [-0.4, -0.2) is 19.8 Å². The largest absolute Gasteiger partial charge is 0.381 e. The summed E-state index contributed by atoms with van der Waals surface area (Å²) in [5.74, 6) is 0.571. The van der Waals surface area contributed by atoms with Crippen molar-refractivity contribution >= 4 is 38.9 Å². The van der Waals surface area contributed by atoms with E-state index in [1.807, 2.05) is 0 Å². The Bertz CT molecular complexity index is 332. The molecule has 0 radical (unpaired) electrons. The molecule has 2 atom stereocenters. The van der Waals surface area contributed by atoms with Gasteiger partial charge in [-0.3, -0.25) is 0 Å². The van der Waals surface area contributed by atoms with Crippen molar-refractivity contribution in [3.63, 3.8) is 0 Å². The lowest BCUT2D eigenvalue weighted by atomic mass is 9.97. The first-order valence-electron chi connectivity index (χ1n) is 5.48. The van der Waals surface area contributed by atoms with Crippen LogP contribution in [0.5, 0.6) is 0 Å². The highest BCUT2D eigenvalue weighted by Crippen LogP contribution is 2.39. The van der Waals surface area contributed by atoms with E-state index in [4.69, 9.17) is 16.3 Å². The maximum absolute atomic E-state index is 6.09.